The van der Waals surface area contributed by atoms with E-state index in [2.05, 4.69) is 5.32 Å². The number of carboxylic acid groups (broad SMARTS) is 1. The predicted molar refractivity (Wildman–Crippen MR) is 74.6 cm³/mol. The van der Waals surface area contributed by atoms with Crippen molar-refractivity contribution >= 4 is 18.0 Å². The lowest BCUT2D eigenvalue weighted by Crippen LogP contribution is -2.38. The first-order valence-corrected chi connectivity index (χ1v) is 6.04. The average Bonchev–Trinajstić information content (AvgIpc) is 2.43. The summed E-state index contributed by atoms with van der Waals surface area (Å²) < 4.78 is 0. The first kappa shape index (κ1) is 15.4. The minimum absolute atomic E-state index is 0.0454. The number of carbonyl (C=O) groups is 2. The normalized spacial score (nSPS) is 11.1. The quantitative estimate of drug-likeness (QED) is 0.800. The molecule has 1 aromatic rings. The Bertz CT molecular complexity index is 583. The van der Waals surface area contributed by atoms with E-state index in [9.17, 15) is 9.59 Å². The predicted octanol–water partition coefficient (Wildman–Crippen LogP) is 1.80. The van der Waals surface area contributed by atoms with Gasteiger partial charge in [0, 0.05) is 12.6 Å². The number of hydrogen-bond donors (Lipinski definition) is 2. The highest BCUT2D eigenvalue weighted by Crippen LogP contribution is 2.13. The van der Waals surface area contributed by atoms with Gasteiger partial charge >= 0.3 is 5.97 Å². The molecule has 2 N–H and O–H groups in total. The molecule has 0 saturated heterocycles. The molecular weight excluding hydrogens is 256 g/mol. The summed E-state index contributed by atoms with van der Waals surface area (Å²) in [4.78, 5) is 22.5. The number of aliphatic carboxylic acids is 1. The number of amides is 1. The van der Waals surface area contributed by atoms with Crippen LogP contribution in [0.5, 0.6) is 0 Å². The van der Waals surface area contributed by atoms with Gasteiger partial charge in [-0.05, 0) is 37.6 Å². The molecule has 0 atom stereocenters. The van der Waals surface area contributed by atoms with Crippen LogP contribution < -0.4 is 5.32 Å². The van der Waals surface area contributed by atoms with Crippen LogP contribution in [-0.4, -0.2) is 23.5 Å². The van der Waals surface area contributed by atoms with Crippen LogP contribution in [0, 0.1) is 16.7 Å². The Morgan fingerprint density at radius 3 is 2.75 bits per heavy atom. The number of nitrogens with zero attached hydrogens (tertiary/aromatic N) is 1. The second-order valence-electron chi connectivity index (χ2n) is 4.98. The van der Waals surface area contributed by atoms with Gasteiger partial charge in [0.05, 0.1) is 17.0 Å². The van der Waals surface area contributed by atoms with Crippen LogP contribution in [0.25, 0.3) is 6.08 Å². The second kappa shape index (κ2) is 6.53. The van der Waals surface area contributed by atoms with Gasteiger partial charge in [-0.25, -0.2) is 0 Å². The Balaban J connectivity index is 2.60. The molecule has 0 aliphatic carbocycles. The number of nitrogens with one attached hydrogen (secondary N) is 1. The summed E-state index contributed by atoms with van der Waals surface area (Å²) in [7, 11) is 0. The molecule has 5 nitrogen and oxygen atoms in total. The Hall–Kier alpha value is -2.61. The highest BCUT2D eigenvalue weighted by Gasteiger charge is 2.27. The SMILES string of the molecule is CC(C)(CNC(=O)/C=C/c1cccc(C#N)c1)C(=O)O. The zero-order valence-electron chi connectivity index (χ0n) is 11.4. The van der Waals surface area contributed by atoms with Crippen molar-refractivity contribution in [3.63, 3.8) is 0 Å². The number of carboxylic acids is 1. The fraction of sp³-hybridized carbons (Fsp3) is 0.267. The Labute approximate surface area is 117 Å². The van der Waals surface area contributed by atoms with Crippen LogP contribution in [0.15, 0.2) is 30.3 Å². The summed E-state index contributed by atoms with van der Waals surface area (Å²) in [6, 6.07) is 8.84. The van der Waals surface area contributed by atoms with Crippen molar-refractivity contribution in [1.82, 2.24) is 5.32 Å². The maximum absolute atomic E-state index is 11.6. The van der Waals surface area contributed by atoms with E-state index in [4.69, 9.17) is 10.4 Å². The van der Waals surface area contributed by atoms with Gasteiger partial charge in [0.1, 0.15) is 0 Å². The van der Waals surface area contributed by atoms with Gasteiger partial charge in [-0.1, -0.05) is 12.1 Å². The van der Waals surface area contributed by atoms with E-state index in [0.717, 1.165) is 5.56 Å². The largest absolute Gasteiger partial charge is 0.481 e. The molecule has 1 amide bonds. The maximum Gasteiger partial charge on any atom is 0.310 e. The van der Waals surface area contributed by atoms with Crippen molar-refractivity contribution in [3.05, 3.63) is 41.5 Å². The van der Waals surface area contributed by atoms with Crippen LogP contribution in [-0.2, 0) is 9.59 Å². The summed E-state index contributed by atoms with van der Waals surface area (Å²) in [6.45, 7) is 3.12. The molecule has 0 radical (unpaired) electrons. The molecule has 0 saturated carbocycles. The van der Waals surface area contributed by atoms with Crippen LogP contribution >= 0.6 is 0 Å². The third-order valence-corrected chi connectivity index (χ3v) is 2.73. The van der Waals surface area contributed by atoms with E-state index in [1.807, 2.05) is 6.07 Å². The molecule has 0 heterocycles. The molecule has 20 heavy (non-hydrogen) atoms. The fourth-order valence-electron chi connectivity index (χ4n) is 1.33. The van der Waals surface area contributed by atoms with Crippen LogP contribution in [0.3, 0.4) is 0 Å². The zero-order valence-corrected chi connectivity index (χ0v) is 11.4. The first-order chi connectivity index (χ1) is 9.35. The van der Waals surface area contributed by atoms with Crippen LogP contribution in [0.4, 0.5) is 0 Å². The van der Waals surface area contributed by atoms with Crippen molar-refractivity contribution in [3.8, 4) is 6.07 Å². The number of benzene rings is 1. The van der Waals surface area contributed by atoms with Crippen LogP contribution in [0.1, 0.15) is 25.0 Å². The lowest BCUT2D eigenvalue weighted by Gasteiger charge is -2.18. The molecule has 0 bridgehead atoms. The maximum atomic E-state index is 11.6. The monoisotopic (exact) mass is 272 g/mol. The van der Waals surface area contributed by atoms with E-state index in [1.165, 1.54) is 19.9 Å². The Morgan fingerprint density at radius 1 is 1.45 bits per heavy atom. The fourth-order valence-corrected chi connectivity index (χ4v) is 1.33. The highest BCUT2D eigenvalue weighted by molar-refractivity contribution is 5.92. The van der Waals surface area contributed by atoms with E-state index in [0.29, 0.717) is 5.56 Å². The molecular formula is C15H16N2O3. The number of nitriles is 1. The van der Waals surface area contributed by atoms with Gasteiger partial charge < -0.3 is 10.4 Å². The van der Waals surface area contributed by atoms with E-state index < -0.39 is 11.4 Å². The third kappa shape index (κ3) is 4.58. The van der Waals surface area contributed by atoms with Crippen molar-refractivity contribution in [1.29, 1.82) is 5.26 Å². The molecule has 5 heteroatoms. The van der Waals surface area contributed by atoms with E-state index in [-0.39, 0.29) is 12.5 Å². The molecule has 0 aliphatic heterocycles. The molecule has 0 aliphatic rings. The van der Waals surface area contributed by atoms with Gasteiger partial charge in [-0.3, -0.25) is 9.59 Å². The molecule has 0 fully saturated rings. The number of carbonyl (C=O) groups excluding carboxylic acids is 1. The van der Waals surface area contributed by atoms with Crippen LogP contribution in [0.2, 0.25) is 0 Å². The minimum Gasteiger partial charge on any atom is -0.481 e. The first-order valence-electron chi connectivity index (χ1n) is 6.04. The average molecular weight is 272 g/mol. The van der Waals surface area contributed by atoms with Crippen molar-refractivity contribution in [2.24, 2.45) is 5.41 Å². The molecule has 1 aromatic carbocycles. The van der Waals surface area contributed by atoms with E-state index >= 15 is 0 Å². The van der Waals surface area contributed by atoms with Crippen molar-refractivity contribution in [2.75, 3.05) is 6.54 Å². The van der Waals surface area contributed by atoms with Crippen molar-refractivity contribution < 1.29 is 14.7 Å². The highest BCUT2D eigenvalue weighted by atomic mass is 16.4. The Morgan fingerprint density at radius 2 is 2.15 bits per heavy atom. The summed E-state index contributed by atoms with van der Waals surface area (Å²) in [5.74, 6) is -1.34. The summed E-state index contributed by atoms with van der Waals surface area (Å²) in [5.41, 5.74) is 0.237. The number of rotatable bonds is 5. The number of hydrogen-bond acceptors (Lipinski definition) is 3. The summed E-state index contributed by atoms with van der Waals surface area (Å²) in [6.07, 6.45) is 2.89. The Kier molecular flexibility index (Phi) is 5.04. The van der Waals surface area contributed by atoms with Gasteiger partial charge in [0.25, 0.3) is 0 Å². The third-order valence-electron chi connectivity index (χ3n) is 2.73. The standard InChI is InChI=1S/C15H16N2O3/c1-15(2,14(19)20)10-17-13(18)7-6-11-4-3-5-12(8-11)9-16/h3-8H,10H2,1-2H3,(H,17,18)(H,19,20)/b7-6+. The lowest BCUT2D eigenvalue weighted by atomic mass is 9.94. The van der Waals surface area contributed by atoms with Gasteiger partial charge in [-0.15, -0.1) is 0 Å². The lowest BCUT2D eigenvalue weighted by molar-refractivity contribution is -0.146. The van der Waals surface area contributed by atoms with Gasteiger partial charge in [0.15, 0.2) is 0 Å². The summed E-state index contributed by atoms with van der Waals surface area (Å²) >= 11 is 0. The smallest absolute Gasteiger partial charge is 0.310 e. The van der Waals surface area contributed by atoms with Crippen molar-refractivity contribution in [2.45, 2.75) is 13.8 Å². The topological polar surface area (TPSA) is 90.2 Å². The minimum atomic E-state index is -1.01. The summed E-state index contributed by atoms with van der Waals surface area (Å²) in [5, 5.41) is 20.2. The molecule has 1 rings (SSSR count). The molecule has 104 valence electrons. The molecule has 0 aromatic heterocycles. The molecule has 0 spiro atoms. The van der Waals surface area contributed by atoms with Gasteiger partial charge in [0.2, 0.25) is 5.91 Å². The molecule has 0 unspecified atom stereocenters. The second-order valence-corrected chi connectivity index (χ2v) is 4.98. The van der Waals surface area contributed by atoms with E-state index in [1.54, 1.807) is 30.3 Å². The zero-order chi connectivity index (χ0) is 15.2. The van der Waals surface area contributed by atoms with Gasteiger partial charge in [-0.2, -0.15) is 5.26 Å².